The van der Waals surface area contributed by atoms with E-state index in [0.717, 1.165) is 16.8 Å². The van der Waals surface area contributed by atoms with E-state index >= 15 is 0 Å². The standard InChI is InChI=1S/C14H10Cl2N4/c15-9-1-2-13(12(16)3-9)20-6-8-5-19-14(18)10(4-17)11(8)7-20/h1-3,5H,6-7H2,(H2,18,19). The second-order valence-electron chi connectivity index (χ2n) is 4.59. The summed E-state index contributed by atoms with van der Waals surface area (Å²) in [5.41, 5.74) is 9.00. The number of pyridine rings is 1. The highest BCUT2D eigenvalue weighted by Crippen LogP contribution is 2.36. The van der Waals surface area contributed by atoms with Crippen molar-refractivity contribution < 1.29 is 0 Å². The Bertz CT molecular complexity index is 737. The van der Waals surface area contributed by atoms with Crippen LogP contribution in [0.25, 0.3) is 0 Å². The highest BCUT2D eigenvalue weighted by atomic mass is 35.5. The van der Waals surface area contributed by atoms with Crippen LogP contribution in [0.5, 0.6) is 0 Å². The second-order valence-corrected chi connectivity index (χ2v) is 5.43. The van der Waals surface area contributed by atoms with Crippen LogP contribution in [0.1, 0.15) is 16.7 Å². The van der Waals surface area contributed by atoms with E-state index in [2.05, 4.69) is 16.0 Å². The molecule has 0 saturated carbocycles. The van der Waals surface area contributed by atoms with Gasteiger partial charge in [-0.25, -0.2) is 4.98 Å². The van der Waals surface area contributed by atoms with E-state index < -0.39 is 0 Å². The number of aromatic nitrogens is 1. The quantitative estimate of drug-likeness (QED) is 0.877. The summed E-state index contributed by atoms with van der Waals surface area (Å²) in [4.78, 5) is 6.14. The molecule has 1 aromatic carbocycles. The van der Waals surface area contributed by atoms with Crippen LogP contribution in [0.4, 0.5) is 11.5 Å². The molecule has 0 radical (unpaired) electrons. The molecule has 0 bridgehead atoms. The third kappa shape index (κ3) is 2.05. The van der Waals surface area contributed by atoms with Crippen LogP contribution in [0.15, 0.2) is 24.4 Å². The average Bonchev–Trinajstić information content (AvgIpc) is 2.82. The molecule has 0 fully saturated rings. The lowest BCUT2D eigenvalue weighted by atomic mass is 10.1. The van der Waals surface area contributed by atoms with E-state index in [-0.39, 0.29) is 5.82 Å². The summed E-state index contributed by atoms with van der Waals surface area (Å²) in [7, 11) is 0. The van der Waals surface area contributed by atoms with Crippen LogP contribution >= 0.6 is 23.2 Å². The van der Waals surface area contributed by atoms with E-state index in [1.165, 1.54) is 0 Å². The SMILES string of the molecule is N#Cc1c(N)ncc2c1CN(c1ccc(Cl)cc1Cl)C2. The van der Waals surface area contributed by atoms with Gasteiger partial charge in [0, 0.05) is 24.3 Å². The van der Waals surface area contributed by atoms with Gasteiger partial charge in [0.05, 0.1) is 16.3 Å². The fourth-order valence-electron chi connectivity index (χ4n) is 2.41. The summed E-state index contributed by atoms with van der Waals surface area (Å²) in [6.45, 7) is 1.24. The summed E-state index contributed by atoms with van der Waals surface area (Å²) < 4.78 is 0. The number of anilines is 2. The molecular weight excluding hydrogens is 295 g/mol. The Morgan fingerprint density at radius 3 is 2.80 bits per heavy atom. The van der Waals surface area contributed by atoms with Gasteiger partial charge in [0.2, 0.25) is 0 Å². The lowest BCUT2D eigenvalue weighted by molar-refractivity contribution is 0.879. The average molecular weight is 305 g/mol. The third-order valence-corrected chi connectivity index (χ3v) is 3.92. The van der Waals surface area contributed by atoms with Crippen molar-refractivity contribution in [2.45, 2.75) is 13.1 Å². The molecule has 0 amide bonds. The molecule has 6 heteroatoms. The van der Waals surface area contributed by atoms with Crippen molar-refractivity contribution in [3.8, 4) is 6.07 Å². The van der Waals surface area contributed by atoms with E-state index in [9.17, 15) is 5.26 Å². The normalized spacial score (nSPS) is 13.2. The molecule has 0 saturated heterocycles. The predicted octanol–water partition coefficient (Wildman–Crippen LogP) is 3.36. The number of nitrogen functional groups attached to an aromatic ring is 1. The Morgan fingerprint density at radius 2 is 2.10 bits per heavy atom. The topological polar surface area (TPSA) is 65.9 Å². The Balaban J connectivity index is 2.01. The largest absolute Gasteiger partial charge is 0.383 e. The van der Waals surface area contributed by atoms with Gasteiger partial charge in [-0.15, -0.1) is 0 Å². The summed E-state index contributed by atoms with van der Waals surface area (Å²) >= 11 is 12.1. The number of nitrogens with zero attached hydrogens (tertiary/aromatic N) is 3. The van der Waals surface area contributed by atoms with Crippen LogP contribution in [0, 0.1) is 11.3 Å². The maximum atomic E-state index is 9.20. The Kier molecular flexibility index (Phi) is 3.17. The first-order valence-corrected chi connectivity index (χ1v) is 6.72. The Morgan fingerprint density at radius 1 is 1.30 bits per heavy atom. The van der Waals surface area contributed by atoms with Crippen molar-refractivity contribution in [2.75, 3.05) is 10.6 Å². The number of rotatable bonds is 1. The number of hydrogen-bond acceptors (Lipinski definition) is 4. The van der Waals surface area contributed by atoms with Crippen LogP contribution in [0.3, 0.4) is 0 Å². The molecule has 0 unspecified atom stereocenters. The molecule has 20 heavy (non-hydrogen) atoms. The summed E-state index contributed by atoms with van der Waals surface area (Å²) in [6.07, 6.45) is 1.72. The number of nitriles is 1. The first kappa shape index (κ1) is 13.0. The summed E-state index contributed by atoms with van der Waals surface area (Å²) in [5, 5.41) is 10.4. The Labute approximate surface area is 126 Å². The van der Waals surface area contributed by atoms with Crippen LogP contribution < -0.4 is 10.6 Å². The summed E-state index contributed by atoms with van der Waals surface area (Å²) in [6, 6.07) is 7.50. The zero-order chi connectivity index (χ0) is 14.3. The second kappa shape index (κ2) is 4.86. The molecule has 0 spiro atoms. The maximum Gasteiger partial charge on any atom is 0.141 e. The van der Waals surface area contributed by atoms with Crippen molar-refractivity contribution >= 4 is 34.7 Å². The highest BCUT2D eigenvalue weighted by molar-refractivity contribution is 6.36. The van der Waals surface area contributed by atoms with Gasteiger partial charge in [-0.3, -0.25) is 0 Å². The number of halogens is 2. The van der Waals surface area contributed by atoms with Crippen molar-refractivity contribution in [1.82, 2.24) is 4.98 Å². The van der Waals surface area contributed by atoms with Crippen molar-refractivity contribution in [3.05, 3.63) is 51.1 Å². The zero-order valence-electron chi connectivity index (χ0n) is 10.4. The molecule has 2 aromatic rings. The molecule has 0 aliphatic carbocycles. The number of nitrogens with two attached hydrogens (primary N) is 1. The number of fused-ring (bicyclic) bond motifs is 1. The van der Waals surface area contributed by atoms with E-state index in [0.29, 0.717) is 28.7 Å². The van der Waals surface area contributed by atoms with E-state index in [4.69, 9.17) is 28.9 Å². The van der Waals surface area contributed by atoms with Crippen molar-refractivity contribution in [1.29, 1.82) is 5.26 Å². The van der Waals surface area contributed by atoms with Gasteiger partial charge in [-0.2, -0.15) is 5.26 Å². The Hall–Kier alpha value is -1.96. The molecule has 1 aliphatic rings. The van der Waals surface area contributed by atoms with Gasteiger partial charge in [-0.1, -0.05) is 23.2 Å². The maximum absolute atomic E-state index is 9.20. The highest BCUT2D eigenvalue weighted by Gasteiger charge is 2.25. The molecule has 4 nitrogen and oxygen atoms in total. The number of hydrogen-bond donors (Lipinski definition) is 1. The van der Waals surface area contributed by atoms with Gasteiger partial charge >= 0.3 is 0 Å². The fraction of sp³-hybridized carbons (Fsp3) is 0.143. The van der Waals surface area contributed by atoms with Crippen LogP contribution in [0.2, 0.25) is 10.0 Å². The summed E-state index contributed by atoms with van der Waals surface area (Å²) in [5.74, 6) is 0.273. The minimum absolute atomic E-state index is 0.273. The molecule has 3 rings (SSSR count). The predicted molar refractivity (Wildman–Crippen MR) is 79.7 cm³/mol. The molecule has 100 valence electrons. The molecule has 1 aromatic heterocycles. The minimum Gasteiger partial charge on any atom is -0.383 e. The number of benzene rings is 1. The molecule has 0 atom stereocenters. The van der Waals surface area contributed by atoms with Crippen molar-refractivity contribution in [2.24, 2.45) is 0 Å². The van der Waals surface area contributed by atoms with Crippen molar-refractivity contribution in [3.63, 3.8) is 0 Å². The van der Waals surface area contributed by atoms with Crippen LogP contribution in [-0.4, -0.2) is 4.98 Å². The van der Waals surface area contributed by atoms with Gasteiger partial charge in [0.15, 0.2) is 0 Å². The first-order chi connectivity index (χ1) is 9.60. The van der Waals surface area contributed by atoms with Gasteiger partial charge in [-0.05, 0) is 29.3 Å². The molecular formula is C14H10Cl2N4. The minimum atomic E-state index is 0.273. The lowest BCUT2D eigenvalue weighted by Crippen LogP contribution is -2.15. The smallest absolute Gasteiger partial charge is 0.141 e. The molecule has 1 aliphatic heterocycles. The monoisotopic (exact) mass is 304 g/mol. The third-order valence-electron chi connectivity index (χ3n) is 3.38. The van der Waals surface area contributed by atoms with Crippen LogP contribution in [-0.2, 0) is 13.1 Å². The van der Waals surface area contributed by atoms with Gasteiger partial charge in [0.25, 0.3) is 0 Å². The molecule has 2 N–H and O–H groups in total. The van der Waals surface area contributed by atoms with E-state index in [1.807, 2.05) is 6.07 Å². The zero-order valence-corrected chi connectivity index (χ0v) is 11.9. The fourth-order valence-corrected chi connectivity index (χ4v) is 2.94. The van der Waals surface area contributed by atoms with E-state index in [1.54, 1.807) is 18.3 Å². The first-order valence-electron chi connectivity index (χ1n) is 5.96. The van der Waals surface area contributed by atoms with Gasteiger partial charge < -0.3 is 10.6 Å². The van der Waals surface area contributed by atoms with Gasteiger partial charge in [0.1, 0.15) is 11.9 Å². The lowest BCUT2D eigenvalue weighted by Gasteiger charge is -2.19. The molecule has 2 heterocycles.